The molecular weight excluding hydrogens is 263 g/mol. The number of aliphatic hydroxyl groups is 1. The smallest absolute Gasteiger partial charge is 0.148 e. The summed E-state index contributed by atoms with van der Waals surface area (Å²) in [6.07, 6.45) is 1.61. The first-order valence-corrected chi connectivity index (χ1v) is 5.11. The number of nitrogens with zero attached hydrogens (tertiary/aromatic N) is 2. The van der Waals surface area contributed by atoms with Crippen molar-refractivity contribution in [1.82, 2.24) is 9.78 Å². The third kappa shape index (κ3) is 2.08. The Labute approximate surface area is 94.3 Å². The van der Waals surface area contributed by atoms with Gasteiger partial charge in [0.1, 0.15) is 11.5 Å². The third-order valence-corrected chi connectivity index (χ3v) is 2.45. The Hall–Kier alpha value is -1.20. The van der Waals surface area contributed by atoms with E-state index in [0.29, 0.717) is 11.4 Å². The number of aromatic nitrogens is 2. The van der Waals surface area contributed by atoms with Crippen molar-refractivity contribution in [3.8, 4) is 5.69 Å². The maximum atomic E-state index is 13.4. The molecule has 0 atom stereocenters. The standard InChI is InChI=1S/C10H8BrFN2O/c11-7-1-2-9(12)10(5-7)14-4-3-8(6-15)13-14/h1-5,15H,6H2. The maximum Gasteiger partial charge on any atom is 0.148 e. The SMILES string of the molecule is OCc1ccn(-c2cc(Br)ccc2F)n1. The van der Waals surface area contributed by atoms with Gasteiger partial charge in [0.25, 0.3) is 0 Å². The lowest BCUT2D eigenvalue weighted by atomic mass is 10.3. The van der Waals surface area contributed by atoms with Gasteiger partial charge in [0.2, 0.25) is 0 Å². The lowest BCUT2D eigenvalue weighted by molar-refractivity contribution is 0.276. The molecule has 0 saturated carbocycles. The van der Waals surface area contributed by atoms with E-state index >= 15 is 0 Å². The summed E-state index contributed by atoms with van der Waals surface area (Å²) in [4.78, 5) is 0. The van der Waals surface area contributed by atoms with Crippen LogP contribution >= 0.6 is 15.9 Å². The molecule has 0 aliphatic carbocycles. The van der Waals surface area contributed by atoms with Gasteiger partial charge in [-0.2, -0.15) is 5.10 Å². The largest absolute Gasteiger partial charge is 0.390 e. The number of hydrogen-bond acceptors (Lipinski definition) is 2. The predicted molar refractivity (Wildman–Crippen MR) is 57.1 cm³/mol. The molecule has 1 heterocycles. The summed E-state index contributed by atoms with van der Waals surface area (Å²) in [6.45, 7) is -0.150. The number of rotatable bonds is 2. The molecule has 0 bridgehead atoms. The second-order valence-electron chi connectivity index (χ2n) is 3.01. The number of aliphatic hydroxyl groups excluding tert-OH is 1. The van der Waals surface area contributed by atoms with E-state index in [2.05, 4.69) is 21.0 Å². The number of halogens is 2. The second-order valence-corrected chi connectivity index (χ2v) is 3.92. The Morgan fingerprint density at radius 2 is 2.20 bits per heavy atom. The molecule has 78 valence electrons. The zero-order chi connectivity index (χ0) is 10.8. The fraction of sp³-hybridized carbons (Fsp3) is 0.100. The Morgan fingerprint density at radius 3 is 2.87 bits per heavy atom. The van der Waals surface area contributed by atoms with Crippen LogP contribution in [0.1, 0.15) is 5.69 Å². The van der Waals surface area contributed by atoms with Crippen LogP contribution in [-0.2, 0) is 6.61 Å². The van der Waals surface area contributed by atoms with Gasteiger partial charge in [-0.05, 0) is 24.3 Å². The first kappa shape index (κ1) is 10.3. The highest BCUT2D eigenvalue weighted by Gasteiger charge is 2.06. The molecule has 0 saturated heterocycles. The lowest BCUT2D eigenvalue weighted by Crippen LogP contribution is -1.99. The summed E-state index contributed by atoms with van der Waals surface area (Å²) in [5, 5.41) is 12.8. The van der Waals surface area contributed by atoms with Gasteiger partial charge in [-0.3, -0.25) is 0 Å². The second kappa shape index (κ2) is 4.12. The zero-order valence-corrected chi connectivity index (χ0v) is 9.28. The van der Waals surface area contributed by atoms with Crippen LogP contribution in [0.25, 0.3) is 5.69 Å². The molecule has 2 rings (SSSR count). The topological polar surface area (TPSA) is 38.0 Å². The quantitative estimate of drug-likeness (QED) is 0.909. The molecule has 5 heteroatoms. The van der Waals surface area contributed by atoms with Crippen molar-refractivity contribution < 1.29 is 9.50 Å². The molecule has 0 aliphatic rings. The minimum atomic E-state index is -0.356. The Balaban J connectivity index is 2.48. The van der Waals surface area contributed by atoms with Crippen molar-refractivity contribution in [3.05, 3.63) is 46.4 Å². The van der Waals surface area contributed by atoms with Crippen LogP contribution < -0.4 is 0 Å². The molecule has 0 radical (unpaired) electrons. The molecule has 0 aliphatic heterocycles. The van der Waals surface area contributed by atoms with Crippen LogP contribution in [-0.4, -0.2) is 14.9 Å². The van der Waals surface area contributed by atoms with Gasteiger partial charge in [-0.15, -0.1) is 0 Å². The average Bonchev–Trinajstić information content (AvgIpc) is 2.70. The summed E-state index contributed by atoms with van der Waals surface area (Å²) in [6, 6.07) is 6.25. The number of hydrogen-bond donors (Lipinski definition) is 1. The van der Waals surface area contributed by atoms with Crippen LogP contribution in [0.2, 0.25) is 0 Å². The van der Waals surface area contributed by atoms with Crippen molar-refractivity contribution in [2.75, 3.05) is 0 Å². The Bertz CT molecular complexity index is 484. The molecule has 1 aromatic heterocycles. The van der Waals surface area contributed by atoms with Crippen LogP contribution in [0.5, 0.6) is 0 Å². The van der Waals surface area contributed by atoms with E-state index in [1.54, 1.807) is 24.4 Å². The highest BCUT2D eigenvalue weighted by Crippen LogP contribution is 2.18. The normalized spacial score (nSPS) is 10.6. The molecule has 3 nitrogen and oxygen atoms in total. The van der Waals surface area contributed by atoms with E-state index in [1.165, 1.54) is 10.7 Å². The summed E-state index contributed by atoms with van der Waals surface area (Å²) in [7, 11) is 0. The van der Waals surface area contributed by atoms with Gasteiger partial charge in [0.05, 0.1) is 12.3 Å². The average molecular weight is 271 g/mol. The first-order chi connectivity index (χ1) is 7.20. The molecule has 2 aromatic rings. The van der Waals surface area contributed by atoms with Crippen LogP contribution in [0.4, 0.5) is 4.39 Å². The Kier molecular flexibility index (Phi) is 2.83. The van der Waals surface area contributed by atoms with E-state index < -0.39 is 0 Å². The first-order valence-electron chi connectivity index (χ1n) is 4.31. The van der Waals surface area contributed by atoms with Gasteiger partial charge in [0, 0.05) is 10.7 Å². The van der Waals surface area contributed by atoms with Crippen molar-refractivity contribution in [3.63, 3.8) is 0 Å². The summed E-state index contributed by atoms with van der Waals surface area (Å²) in [5.41, 5.74) is 0.860. The molecular formula is C10H8BrFN2O. The highest BCUT2D eigenvalue weighted by molar-refractivity contribution is 9.10. The summed E-state index contributed by atoms with van der Waals surface area (Å²) >= 11 is 3.26. The van der Waals surface area contributed by atoms with Gasteiger partial charge >= 0.3 is 0 Å². The van der Waals surface area contributed by atoms with Crippen molar-refractivity contribution in [1.29, 1.82) is 0 Å². The summed E-state index contributed by atoms with van der Waals surface area (Å²) in [5.74, 6) is -0.356. The third-order valence-electron chi connectivity index (χ3n) is 1.96. The molecule has 0 spiro atoms. The van der Waals surface area contributed by atoms with Gasteiger partial charge in [-0.25, -0.2) is 9.07 Å². The monoisotopic (exact) mass is 270 g/mol. The van der Waals surface area contributed by atoms with Crippen LogP contribution in [0, 0.1) is 5.82 Å². The predicted octanol–water partition coefficient (Wildman–Crippen LogP) is 2.27. The fourth-order valence-electron chi connectivity index (χ4n) is 1.24. The maximum absolute atomic E-state index is 13.4. The molecule has 0 fully saturated rings. The van der Waals surface area contributed by atoms with Gasteiger partial charge in [0.15, 0.2) is 0 Å². The molecule has 0 unspecified atom stereocenters. The van der Waals surface area contributed by atoms with E-state index in [0.717, 1.165) is 4.47 Å². The Morgan fingerprint density at radius 1 is 1.40 bits per heavy atom. The van der Waals surface area contributed by atoms with Gasteiger partial charge < -0.3 is 5.11 Å². The minimum Gasteiger partial charge on any atom is -0.390 e. The van der Waals surface area contributed by atoms with E-state index in [-0.39, 0.29) is 12.4 Å². The van der Waals surface area contributed by atoms with E-state index in [1.807, 2.05) is 0 Å². The molecule has 1 aromatic carbocycles. The van der Waals surface area contributed by atoms with E-state index in [4.69, 9.17) is 5.11 Å². The van der Waals surface area contributed by atoms with Crippen LogP contribution in [0.3, 0.4) is 0 Å². The molecule has 15 heavy (non-hydrogen) atoms. The van der Waals surface area contributed by atoms with Gasteiger partial charge in [-0.1, -0.05) is 15.9 Å². The van der Waals surface area contributed by atoms with Crippen molar-refractivity contribution >= 4 is 15.9 Å². The number of benzene rings is 1. The fourth-order valence-corrected chi connectivity index (χ4v) is 1.59. The minimum absolute atomic E-state index is 0.150. The van der Waals surface area contributed by atoms with Crippen LogP contribution in [0.15, 0.2) is 34.9 Å². The van der Waals surface area contributed by atoms with Crippen molar-refractivity contribution in [2.45, 2.75) is 6.61 Å². The zero-order valence-electron chi connectivity index (χ0n) is 7.69. The lowest BCUT2D eigenvalue weighted by Gasteiger charge is -2.03. The highest BCUT2D eigenvalue weighted by atomic mass is 79.9. The summed E-state index contributed by atoms with van der Waals surface area (Å²) < 4.78 is 15.6. The van der Waals surface area contributed by atoms with E-state index in [9.17, 15) is 4.39 Å². The molecule has 1 N–H and O–H groups in total. The van der Waals surface area contributed by atoms with Crippen molar-refractivity contribution in [2.24, 2.45) is 0 Å². The molecule has 0 amide bonds.